The highest BCUT2D eigenvalue weighted by atomic mass is 31.2. The number of allylic oxidation sites excluding steroid dienone is 14. The summed E-state index contributed by atoms with van der Waals surface area (Å²) in [5.74, 6) is -2.19. The van der Waals surface area contributed by atoms with E-state index in [1.165, 1.54) is 64.2 Å². The van der Waals surface area contributed by atoms with Crippen molar-refractivity contribution in [2.24, 2.45) is 0 Å². The third-order valence-electron chi connectivity index (χ3n) is 15.9. The SMILES string of the molecule is CC/C=C\C/C=C\C/C=C\CCCCCCCCCC(=O)OCC(COP(=O)(O)OCC(O)COP(=O)(O)OCC(COC(=O)CCCCCCC/C=C\C/C=C\C/C=C\CC)OC(=O)CCCCCCC/C=C\CCCC)OC(=O)CCCCCCCCCCCCCCC. The van der Waals surface area contributed by atoms with Gasteiger partial charge < -0.3 is 33.8 Å². The quantitative estimate of drug-likeness (QED) is 0.0169. The van der Waals surface area contributed by atoms with Gasteiger partial charge in [-0.1, -0.05) is 273 Å². The van der Waals surface area contributed by atoms with E-state index < -0.39 is 97.5 Å². The van der Waals surface area contributed by atoms with Crippen molar-refractivity contribution < 1.29 is 80.2 Å². The van der Waals surface area contributed by atoms with Crippen LogP contribution in [-0.4, -0.2) is 96.7 Å². The number of carbonyl (C=O) groups is 4. The topological polar surface area (TPSA) is 237 Å². The van der Waals surface area contributed by atoms with Crippen LogP contribution in [0.4, 0.5) is 0 Å². The van der Waals surface area contributed by atoms with E-state index in [9.17, 15) is 43.2 Å². The third-order valence-corrected chi connectivity index (χ3v) is 17.8. The van der Waals surface area contributed by atoms with E-state index >= 15 is 0 Å². The van der Waals surface area contributed by atoms with Crippen LogP contribution in [-0.2, 0) is 65.4 Å². The minimum atomic E-state index is -4.97. The minimum absolute atomic E-state index is 0.0819. The number of esters is 4. The van der Waals surface area contributed by atoms with Gasteiger partial charge in [0.2, 0.25) is 0 Å². The van der Waals surface area contributed by atoms with E-state index in [0.29, 0.717) is 25.7 Å². The Labute approximate surface area is 583 Å². The van der Waals surface area contributed by atoms with Crippen LogP contribution in [0.15, 0.2) is 85.1 Å². The molecular weight excluding hydrogens is 1260 g/mol. The maximum absolute atomic E-state index is 13.1. The summed E-state index contributed by atoms with van der Waals surface area (Å²) in [5.41, 5.74) is 0. The summed E-state index contributed by atoms with van der Waals surface area (Å²) in [7, 11) is -9.94. The molecule has 0 aromatic rings. The molecule has 19 heteroatoms. The first-order valence-corrected chi connectivity index (χ1v) is 40.8. The fraction of sp³-hybridized carbons (Fsp3) is 0.766. The van der Waals surface area contributed by atoms with Crippen LogP contribution in [0.5, 0.6) is 0 Å². The third kappa shape index (κ3) is 68.8. The van der Waals surface area contributed by atoms with E-state index in [2.05, 4.69) is 113 Å². The van der Waals surface area contributed by atoms with Crippen LogP contribution in [0.3, 0.4) is 0 Å². The van der Waals surface area contributed by atoms with Gasteiger partial charge in [-0.2, -0.15) is 0 Å². The van der Waals surface area contributed by atoms with E-state index in [-0.39, 0.29) is 25.7 Å². The molecule has 0 amide bonds. The first-order valence-electron chi connectivity index (χ1n) is 37.8. The number of aliphatic hydroxyl groups is 1. The molecule has 0 saturated heterocycles. The lowest BCUT2D eigenvalue weighted by Crippen LogP contribution is -2.30. The molecule has 0 aliphatic rings. The van der Waals surface area contributed by atoms with Gasteiger partial charge in [0.05, 0.1) is 26.4 Å². The van der Waals surface area contributed by atoms with Gasteiger partial charge >= 0.3 is 39.5 Å². The average molecular weight is 1400 g/mol. The fourth-order valence-electron chi connectivity index (χ4n) is 10.1. The van der Waals surface area contributed by atoms with Gasteiger partial charge in [0.25, 0.3) is 0 Å². The molecule has 0 aliphatic carbocycles. The Hall–Kier alpha value is -3.76. The van der Waals surface area contributed by atoms with Crippen molar-refractivity contribution in [2.75, 3.05) is 39.6 Å². The Morgan fingerprint density at radius 2 is 0.552 bits per heavy atom. The number of carbonyl (C=O) groups excluding carboxylic acids is 4. The first-order chi connectivity index (χ1) is 46.7. The van der Waals surface area contributed by atoms with Gasteiger partial charge in [-0.15, -0.1) is 0 Å². The molecule has 0 fully saturated rings. The van der Waals surface area contributed by atoms with Gasteiger partial charge in [-0.25, -0.2) is 9.13 Å². The predicted octanol–water partition coefficient (Wildman–Crippen LogP) is 21.4. The summed E-state index contributed by atoms with van der Waals surface area (Å²) in [4.78, 5) is 72.8. The first kappa shape index (κ1) is 92.2. The molecular formula is C77H136O17P2. The Balaban J connectivity index is 5.31. The number of unbranched alkanes of at least 4 members (excludes halogenated alkanes) is 31. The van der Waals surface area contributed by atoms with Crippen molar-refractivity contribution in [1.29, 1.82) is 0 Å². The highest BCUT2D eigenvalue weighted by Crippen LogP contribution is 2.45. The van der Waals surface area contributed by atoms with Gasteiger partial charge in [0.15, 0.2) is 12.2 Å². The summed E-state index contributed by atoms with van der Waals surface area (Å²) in [5, 5.41) is 10.6. The Kier molecular flexibility index (Phi) is 67.0. The average Bonchev–Trinajstić information content (AvgIpc) is 1.17. The maximum Gasteiger partial charge on any atom is 0.472 e. The number of hydrogen-bond acceptors (Lipinski definition) is 15. The van der Waals surface area contributed by atoms with Crippen LogP contribution in [0.25, 0.3) is 0 Å². The summed E-state index contributed by atoms with van der Waals surface area (Å²) in [6.07, 6.45) is 70.1. The molecule has 0 radical (unpaired) electrons. The van der Waals surface area contributed by atoms with Crippen LogP contribution in [0.2, 0.25) is 0 Å². The lowest BCUT2D eigenvalue weighted by molar-refractivity contribution is -0.161. The van der Waals surface area contributed by atoms with Crippen LogP contribution >= 0.6 is 15.6 Å². The monoisotopic (exact) mass is 1390 g/mol. The second kappa shape index (κ2) is 69.7. The van der Waals surface area contributed by atoms with Crippen molar-refractivity contribution in [2.45, 2.75) is 341 Å². The molecule has 0 spiro atoms. The molecule has 556 valence electrons. The zero-order valence-corrected chi connectivity index (χ0v) is 62.3. The normalized spacial score (nSPS) is 14.4. The van der Waals surface area contributed by atoms with Crippen LogP contribution in [0, 0.1) is 0 Å². The number of phosphoric acid groups is 2. The van der Waals surface area contributed by atoms with Crippen molar-refractivity contribution in [3.8, 4) is 0 Å². The standard InChI is InChI=1S/C77H136O17P2/c1-5-9-13-17-21-25-29-32-34-35-37-40-43-46-50-54-58-62-75(80)88-68-73(94-77(82)64-60-56-52-48-44-38-31-27-23-19-15-11-7-3)70-92-96(85,86)90-66-71(78)65-89-95(83,84)91-69-72(93-76(81)63-59-55-51-47-41-28-24-20-16-12-8-4)67-87-74(79)61-57-53-49-45-42-39-36-33-30-26-22-18-14-10-6-2/h9-10,13-14,20-22,24-26,32-34,36,71-73,78H,5-8,11-12,15-19,23,27-31,35,37-70H2,1-4H3,(H,83,84)(H,85,86)/b13-9-,14-10-,24-20-,25-21-,26-22-,34-32-,36-33-. The molecule has 17 nitrogen and oxygen atoms in total. The van der Waals surface area contributed by atoms with Crippen LogP contribution in [0.1, 0.15) is 323 Å². The summed E-state index contributed by atoms with van der Waals surface area (Å²) in [6.45, 7) is 4.60. The van der Waals surface area contributed by atoms with Crippen molar-refractivity contribution >= 4 is 39.5 Å². The molecule has 3 N–H and O–H groups in total. The second-order valence-corrected chi connectivity index (χ2v) is 28.1. The molecule has 0 aromatic carbocycles. The van der Waals surface area contributed by atoms with Crippen LogP contribution < -0.4 is 0 Å². The van der Waals surface area contributed by atoms with Crippen molar-refractivity contribution in [3.05, 3.63) is 85.1 Å². The summed E-state index contributed by atoms with van der Waals surface area (Å²) in [6, 6.07) is 0. The molecule has 0 heterocycles. The molecule has 0 bridgehead atoms. The molecule has 0 saturated carbocycles. The Morgan fingerprint density at radius 3 is 0.875 bits per heavy atom. The molecule has 96 heavy (non-hydrogen) atoms. The fourth-order valence-corrected chi connectivity index (χ4v) is 11.7. The number of rotatable bonds is 71. The number of aliphatic hydroxyl groups excluding tert-OH is 1. The van der Waals surface area contributed by atoms with Gasteiger partial charge in [-0.05, 0) is 109 Å². The van der Waals surface area contributed by atoms with Gasteiger partial charge in [-0.3, -0.25) is 37.3 Å². The van der Waals surface area contributed by atoms with E-state index in [1.807, 2.05) is 0 Å². The Morgan fingerprint density at radius 1 is 0.302 bits per heavy atom. The molecule has 5 atom stereocenters. The van der Waals surface area contributed by atoms with E-state index in [0.717, 1.165) is 180 Å². The zero-order chi connectivity index (χ0) is 70.4. The van der Waals surface area contributed by atoms with Crippen molar-refractivity contribution in [1.82, 2.24) is 0 Å². The zero-order valence-electron chi connectivity index (χ0n) is 60.5. The smallest absolute Gasteiger partial charge is 0.462 e. The summed E-state index contributed by atoms with van der Waals surface area (Å²) < 4.78 is 68.4. The molecule has 0 aliphatic heterocycles. The predicted molar refractivity (Wildman–Crippen MR) is 390 cm³/mol. The number of phosphoric ester groups is 2. The van der Waals surface area contributed by atoms with E-state index in [1.54, 1.807) is 0 Å². The second-order valence-electron chi connectivity index (χ2n) is 25.2. The lowest BCUT2D eigenvalue weighted by atomic mass is 10.0. The van der Waals surface area contributed by atoms with E-state index in [4.69, 9.17) is 37.0 Å². The minimum Gasteiger partial charge on any atom is -0.462 e. The summed E-state index contributed by atoms with van der Waals surface area (Å²) >= 11 is 0. The van der Waals surface area contributed by atoms with Gasteiger partial charge in [0, 0.05) is 25.7 Å². The largest absolute Gasteiger partial charge is 0.472 e. The molecule has 5 unspecified atom stereocenters. The number of hydrogen-bond donors (Lipinski definition) is 3. The molecule has 0 aromatic heterocycles. The highest BCUT2D eigenvalue weighted by molar-refractivity contribution is 7.47. The highest BCUT2D eigenvalue weighted by Gasteiger charge is 2.30. The Bertz CT molecular complexity index is 2160. The lowest BCUT2D eigenvalue weighted by Gasteiger charge is -2.21. The maximum atomic E-state index is 13.1. The van der Waals surface area contributed by atoms with Crippen molar-refractivity contribution in [3.63, 3.8) is 0 Å². The molecule has 0 rings (SSSR count). The number of ether oxygens (including phenoxy) is 4. The van der Waals surface area contributed by atoms with Gasteiger partial charge in [0.1, 0.15) is 19.3 Å².